The Morgan fingerprint density at radius 3 is 2.82 bits per heavy atom. The van der Waals surface area contributed by atoms with E-state index in [9.17, 15) is 15.0 Å². The molecule has 6 heteroatoms. The summed E-state index contributed by atoms with van der Waals surface area (Å²) in [6.45, 7) is 3.10. The molecule has 3 rings (SSSR count). The monoisotopic (exact) mass is 302 g/mol. The van der Waals surface area contributed by atoms with Gasteiger partial charge in [0.15, 0.2) is 5.69 Å². The van der Waals surface area contributed by atoms with E-state index in [4.69, 9.17) is 4.74 Å². The van der Waals surface area contributed by atoms with E-state index in [0.717, 1.165) is 25.1 Å². The molecule has 0 aliphatic carbocycles. The van der Waals surface area contributed by atoms with Crippen molar-refractivity contribution < 1.29 is 19.7 Å². The van der Waals surface area contributed by atoms with Crippen molar-refractivity contribution in [3.8, 4) is 11.5 Å². The van der Waals surface area contributed by atoms with Crippen molar-refractivity contribution in [3.63, 3.8) is 0 Å². The molecular weight excluding hydrogens is 284 g/mol. The van der Waals surface area contributed by atoms with Crippen LogP contribution in [0, 0.1) is 5.92 Å². The number of hydrogen-bond acceptors (Lipinski definition) is 4. The molecule has 0 spiro atoms. The molecule has 2 aromatic rings. The number of rotatable bonds is 4. The van der Waals surface area contributed by atoms with Gasteiger partial charge in [-0.05, 0) is 43.0 Å². The van der Waals surface area contributed by atoms with Crippen LogP contribution in [0.4, 0.5) is 0 Å². The summed E-state index contributed by atoms with van der Waals surface area (Å²) >= 11 is 0. The molecule has 2 N–H and O–H groups in total. The van der Waals surface area contributed by atoms with Gasteiger partial charge in [0.25, 0.3) is 0 Å². The van der Waals surface area contributed by atoms with Crippen LogP contribution in [0.15, 0.2) is 24.3 Å². The van der Waals surface area contributed by atoms with Gasteiger partial charge in [0, 0.05) is 6.54 Å². The molecule has 0 amide bonds. The fraction of sp³-hybridized carbons (Fsp3) is 0.375. The van der Waals surface area contributed by atoms with E-state index in [-0.39, 0.29) is 18.1 Å². The van der Waals surface area contributed by atoms with Crippen molar-refractivity contribution in [2.24, 2.45) is 5.92 Å². The molecule has 0 bridgehead atoms. The number of aromatic hydroxyl groups is 1. The molecule has 2 heterocycles. The molecule has 1 aliphatic rings. The lowest BCUT2D eigenvalue weighted by atomic mass is 9.97. The van der Waals surface area contributed by atoms with Crippen molar-refractivity contribution in [2.75, 3.05) is 0 Å². The van der Waals surface area contributed by atoms with Gasteiger partial charge in [0.05, 0.1) is 5.69 Å². The largest absolute Gasteiger partial charge is 0.508 e. The molecule has 0 fully saturated rings. The van der Waals surface area contributed by atoms with E-state index in [0.29, 0.717) is 17.5 Å². The van der Waals surface area contributed by atoms with Gasteiger partial charge in [0.1, 0.15) is 23.9 Å². The zero-order valence-corrected chi connectivity index (χ0v) is 12.3. The lowest BCUT2D eigenvalue weighted by molar-refractivity contribution is 0.0688. The molecule has 1 aromatic heterocycles. The molecule has 0 saturated carbocycles. The number of nitrogens with zero attached hydrogens (tertiary/aromatic N) is 2. The van der Waals surface area contributed by atoms with Gasteiger partial charge in [-0.3, -0.25) is 0 Å². The Hall–Kier alpha value is -2.50. The van der Waals surface area contributed by atoms with E-state index < -0.39 is 5.97 Å². The second kappa shape index (κ2) is 5.71. The third-order valence-corrected chi connectivity index (χ3v) is 3.95. The van der Waals surface area contributed by atoms with Crippen LogP contribution in [0.1, 0.15) is 35.4 Å². The predicted molar refractivity (Wildman–Crippen MR) is 79.1 cm³/mol. The second-order valence-corrected chi connectivity index (χ2v) is 5.66. The summed E-state index contributed by atoms with van der Waals surface area (Å²) in [6.07, 6.45) is 1.74. The van der Waals surface area contributed by atoms with E-state index in [1.165, 1.54) is 0 Å². The highest BCUT2D eigenvalue weighted by Gasteiger charge is 2.26. The first-order chi connectivity index (χ1) is 10.5. The molecule has 0 radical (unpaired) electrons. The van der Waals surface area contributed by atoms with Crippen molar-refractivity contribution in [1.29, 1.82) is 0 Å². The second-order valence-electron chi connectivity index (χ2n) is 5.66. The summed E-state index contributed by atoms with van der Waals surface area (Å²) in [6, 6.07) is 6.41. The Balaban J connectivity index is 1.83. The van der Waals surface area contributed by atoms with E-state index in [1.54, 1.807) is 24.3 Å². The van der Waals surface area contributed by atoms with E-state index in [1.807, 2.05) is 4.57 Å². The van der Waals surface area contributed by atoms with Crippen LogP contribution in [0.25, 0.3) is 0 Å². The third kappa shape index (κ3) is 2.77. The van der Waals surface area contributed by atoms with Crippen LogP contribution in [0.5, 0.6) is 11.5 Å². The number of phenols is 1. The van der Waals surface area contributed by atoms with Gasteiger partial charge in [-0.2, -0.15) is 0 Å². The smallest absolute Gasteiger partial charge is 0.356 e. The number of ether oxygens (including phenoxy) is 1. The average Bonchev–Trinajstić information content (AvgIpc) is 2.85. The lowest BCUT2D eigenvalue weighted by Crippen LogP contribution is -2.20. The zero-order valence-electron chi connectivity index (χ0n) is 12.3. The number of fused-ring (bicyclic) bond motifs is 1. The van der Waals surface area contributed by atoms with Crippen molar-refractivity contribution in [3.05, 3.63) is 41.5 Å². The molecule has 1 unspecified atom stereocenters. The van der Waals surface area contributed by atoms with Crippen LogP contribution >= 0.6 is 0 Å². The molecule has 0 saturated heterocycles. The van der Waals surface area contributed by atoms with Gasteiger partial charge < -0.3 is 19.5 Å². The maximum Gasteiger partial charge on any atom is 0.356 e. The predicted octanol–water partition coefficient (Wildman–Crippen LogP) is 2.45. The Labute approximate surface area is 128 Å². The summed E-state index contributed by atoms with van der Waals surface area (Å²) in [5, 5.41) is 18.6. The number of phenolic OH excluding ortho intramolecular Hbond substituents is 1. The minimum Gasteiger partial charge on any atom is -0.508 e. The van der Waals surface area contributed by atoms with Crippen LogP contribution in [0.3, 0.4) is 0 Å². The van der Waals surface area contributed by atoms with Crippen LogP contribution in [-0.4, -0.2) is 25.7 Å². The first-order valence-electron chi connectivity index (χ1n) is 7.28. The molecular formula is C16H18N2O4. The van der Waals surface area contributed by atoms with E-state index in [2.05, 4.69) is 11.9 Å². The normalized spacial score (nSPS) is 17.0. The summed E-state index contributed by atoms with van der Waals surface area (Å²) in [4.78, 5) is 15.6. The van der Waals surface area contributed by atoms with Crippen LogP contribution in [0.2, 0.25) is 0 Å². The number of carbonyl (C=O) groups is 1. The topological polar surface area (TPSA) is 84.6 Å². The molecule has 1 atom stereocenters. The minimum atomic E-state index is -0.992. The van der Waals surface area contributed by atoms with Crippen LogP contribution in [-0.2, 0) is 19.6 Å². The van der Waals surface area contributed by atoms with Gasteiger partial charge in [-0.25, -0.2) is 9.78 Å². The maximum absolute atomic E-state index is 11.4. The fourth-order valence-electron chi connectivity index (χ4n) is 2.76. The van der Waals surface area contributed by atoms with Crippen molar-refractivity contribution in [2.45, 2.75) is 32.9 Å². The van der Waals surface area contributed by atoms with Gasteiger partial charge in [-0.1, -0.05) is 6.92 Å². The first kappa shape index (κ1) is 14.4. The average molecular weight is 302 g/mol. The molecule has 22 heavy (non-hydrogen) atoms. The summed E-state index contributed by atoms with van der Waals surface area (Å²) < 4.78 is 7.61. The SMILES string of the molecule is CC1CCn2c(COc3ccc(O)cc3)nc(C(=O)O)c2C1. The Kier molecular flexibility index (Phi) is 3.75. The first-order valence-corrected chi connectivity index (χ1v) is 7.28. The quantitative estimate of drug-likeness (QED) is 0.906. The zero-order chi connectivity index (χ0) is 15.7. The third-order valence-electron chi connectivity index (χ3n) is 3.95. The molecule has 1 aliphatic heterocycles. The van der Waals surface area contributed by atoms with Crippen LogP contribution < -0.4 is 4.74 Å². The number of aromatic nitrogens is 2. The summed E-state index contributed by atoms with van der Waals surface area (Å²) in [5.41, 5.74) is 0.923. The number of benzene rings is 1. The Morgan fingerprint density at radius 2 is 2.14 bits per heavy atom. The molecule has 116 valence electrons. The molecule has 1 aromatic carbocycles. The van der Waals surface area contributed by atoms with Gasteiger partial charge >= 0.3 is 5.97 Å². The van der Waals surface area contributed by atoms with Crippen molar-refractivity contribution in [1.82, 2.24) is 9.55 Å². The number of carboxylic acids is 1. The highest BCUT2D eigenvalue weighted by atomic mass is 16.5. The maximum atomic E-state index is 11.4. The number of carboxylic acid groups (broad SMARTS) is 1. The summed E-state index contributed by atoms with van der Waals surface area (Å²) in [5.74, 6) is 0.887. The van der Waals surface area contributed by atoms with Crippen molar-refractivity contribution >= 4 is 5.97 Å². The standard InChI is InChI=1S/C16H18N2O4/c1-10-6-7-18-13(8-10)15(16(20)21)17-14(18)9-22-12-4-2-11(19)3-5-12/h2-5,10,19H,6-9H2,1H3,(H,20,21). The highest BCUT2D eigenvalue weighted by Crippen LogP contribution is 2.26. The number of imidazole rings is 1. The van der Waals surface area contributed by atoms with Gasteiger partial charge in [0.2, 0.25) is 0 Å². The number of aromatic carboxylic acids is 1. The Bertz CT molecular complexity index is 691. The highest BCUT2D eigenvalue weighted by molar-refractivity contribution is 5.87. The van der Waals surface area contributed by atoms with Gasteiger partial charge in [-0.15, -0.1) is 0 Å². The number of hydrogen-bond donors (Lipinski definition) is 2. The molecule has 6 nitrogen and oxygen atoms in total. The van der Waals surface area contributed by atoms with E-state index >= 15 is 0 Å². The summed E-state index contributed by atoms with van der Waals surface area (Å²) in [7, 11) is 0. The minimum absolute atomic E-state index is 0.135. The Morgan fingerprint density at radius 1 is 1.41 bits per heavy atom. The lowest BCUT2D eigenvalue weighted by Gasteiger charge is -2.22. The fourth-order valence-corrected chi connectivity index (χ4v) is 2.76.